The molecule has 0 radical (unpaired) electrons. The molecule has 0 bridgehead atoms. The van der Waals surface area contributed by atoms with E-state index in [2.05, 4.69) is 21.2 Å². The van der Waals surface area contributed by atoms with Crippen molar-refractivity contribution in [3.8, 4) is 0 Å². The minimum absolute atomic E-state index is 0.114. The number of nitrogens with zero attached hydrogens (tertiary/aromatic N) is 1. The molecule has 0 saturated carbocycles. The quantitative estimate of drug-likeness (QED) is 0.524. The van der Waals surface area contributed by atoms with Gasteiger partial charge in [0.25, 0.3) is 0 Å². The number of thioether (sulfide) groups is 1. The van der Waals surface area contributed by atoms with E-state index in [1.165, 1.54) is 17.8 Å². The zero-order valence-corrected chi connectivity index (χ0v) is 19.4. The molecule has 0 spiro atoms. The number of benzene rings is 2. The number of rotatable bonds is 9. The van der Waals surface area contributed by atoms with Crippen LogP contribution in [-0.2, 0) is 21.9 Å². The summed E-state index contributed by atoms with van der Waals surface area (Å²) in [7, 11) is 0. The molecular formula is C21H23BrClFN2O2S. The summed E-state index contributed by atoms with van der Waals surface area (Å²) in [6, 6.07) is 11.5. The standard InChI is InChI=1S/C21H23BrClFN2O2S/c1-3-25-21(28)14(2)26(11-15-6-4-7-16(22)10-15)20(27)13-29-12-17-18(23)8-5-9-19(17)24/h4-10,14H,3,11-13H2,1-2H3,(H,25,28)/t14-/m1/s1. The van der Waals surface area contributed by atoms with E-state index < -0.39 is 6.04 Å². The highest BCUT2D eigenvalue weighted by molar-refractivity contribution is 9.10. The van der Waals surface area contributed by atoms with Crippen molar-refractivity contribution in [1.82, 2.24) is 10.2 Å². The van der Waals surface area contributed by atoms with Gasteiger partial charge >= 0.3 is 0 Å². The van der Waals surface area contributed by atoms with Crippen LogP contribution in [0.1, 0.15) is 25.0 Å². The van der Waals surface area contributed by atoms with E-state index in [0.29, 0.717) is 23.7 Å². The highest BCUT2D eigenvalue weighted by Gasteiger charge is 2.25. The van der Waals surface area contributed by atoms with Crippen molar-refractivity contribution in [2.75, 3.05) is 12.3 Å². The van der Waals surface area contributed by atoms with Gasteiger partial charge in [-0.05, 0) is 43.7 Å². The molecule has 2 aromatic rings. The molecule has 1 atom stereocenters. The third-order valence-corrected chi connectivity index (χ3v) is 6.09. The summed E-state index contributed by atoms with van der Waals surface area (Å²) < 4.78 is 14.8. The molecule has 1 N–H and O–H groups in total. The fourth-order valence-corrected chi connectivity index (χ4v) is 4.43. The molecule has 0 aliphatic carbocycles. The van der Waals surface area contributed by atoms with Crippen LogP contribution in [0, 0.1) is 5.82 Å². The van der Waals surface area contributed by atoms with Crippen LogP contribution in [-0.4, -0.2) is 35.1 Å². The lowest BCUT2D eigenvalue weighted by Crippen LogP contribution is -2.48. The first kappa shape index (κ1) is 23.7. The lowest BCUT2D eigenvalue weighted by atomic mass is 10.1. The number of halogens is 3. The van der Waals surface area contributed by atoms with Crippen molar-refractivity contribution < 1.29 is 14.0 Å². The molecule has 0 aromatic heterocycles. The third kappa shape index (κ3) is 7.01. The minimum atomic E-state index is -0.626. The Balaban J connectivity index is 2.10. The van der Waals surface area contributed by atoms with Crippen molar-refractivity contribution in [2.45, 2.75) is 32.2 Å². The van der Waals surface area contributed by atoms with Gasteiger partial charge in [0.05, 0.1) is 5.75 Å². The van der Waals surface area contributed by atoms with E-state index in [1.807, 2.05) is 31.2 Å². The maximum atomic E-state index is 13.9. The third-order valence-electron chi connectivity index (χ3n) is 4.29. The number of likely N-dealkylation sites (N-methyl/N-ethyl adjacent to an activating group) is 1. The van der Waals surface area contributed by atoms with Gasteiger partial charge in [0.15, 0.2) is 0 Å². The Kier molecular flexibility index (Phi) is 9.46. The van der Waals surface area contributed by atoms with Crippen LogP contribution < -0.4 is 5.32 Å². The van der Waals surface area contributed by atoms with Crippen molar-refractivity contribution >= 4 is 51.1 Å². The molecule has 0 unspecified atom stereocenters. The molecule has 0 aliphatic rings. The van der Waals surface area contributed by atoms with Gasteiger partial charge in [-0.3, -0.25) is 9.59 Å². The normalized spacial score (nSPS) is 11.8. The van der Waals surface area contributed by atoms with Crippen molar-refractivity contribution in [2.24, 2.45) is 0 Å². The fraction of sp³-hybridized carbons (Fsp3) is 0.333. The van der Waals surface area contributed by atoms with Gasteiger partial charge in [-0.25, -0.2) is 4.39 Å². The number of hydrogen-bond acceptors (Lipinski definition) is 3. The van der Waals surface area contributed by atoms with Crippen molar-refractivity contribution in [3.05, 3.63) is 68.9 Å². The molecule has 0 heterocycles. The van der Waals surface area contributed by atoms with Gasteiger partial charge in [-0.1, -0.05) is 45.7 Å². The zero-order valence-electron chi connectivity index (χ0n) is 16.3. The van der Waals surface area contributed by atoms with Gasteiger partial charge in [-0.2, -0.15) is 0 Å². The van der Waals surface area contributed by atoms with Crippen molar-refractivity contribution in [3.63, 3.8) is 0 Å². The predicted molar refractivity (Wildman–Crippen MR) is 120 cm³/mol. The first-order valence-electron chi connectivity index (χ1n) is 9.15. The Morgan fingerprint density at radius 1 is 1.28 bits per heavy atom. The summed E-state index contributed by atoms with van der Waals surface area (Å²) in [5.41, 5.74) is 1.29. The molecule has 0 aliphatic heterocycles. The fourth-order valence-electron chi connectivity index (χ4n) is 2.73. The van der Waals surface area contributed by atoms with Crippen LogP contribution in [0.3, 0.4) is 0 Å². The maximum absolute atomic E-state index is 13.9. The van der Waals surface area contributed by atoms with E-state index in [1.54, 1.807) is 24.0 Å². The first-order chi connectivity index (χ1) is 13.8. The molecule has 156 valence electrons. The summed E-state index contributed by atoms with van der Waals surface area (Å²) in [6.07, 6.45) is 0. The molecule has 4 nitrogen and oxygen atoms in total. The maximum Gasteiger partial charge on any atom is 0.242 e. The summed E-state index contributed by atoms with van der Waals surface area (Å²) in [4.78, 5) is 26.8. The SMILES string of the molecule is CCNC(=O)[C@@H](C)N(Cc1cccc(Br)c1)C(=O)CSCc1c(F)cccc1Cl. The topological polar surface area (TPSA) is 49.4 Å². The van der Waals surface area contributed by atoms with Crippen LogP contribution >= 0.6 is 39.3 Å². The molecular weight excluding hydrogens is 479 g/mol. The Hall–Kier alpha value is -1.57. The molecule has 2 amide bonds. The number of hydrogen-bond donors (Lipinski definition) is 1. The van der Waals surface area contributed by atoms with Crippen LogP contribution in [0.2, 0.25) is 5.02 Å². The number of carbonyl (C=O) groups is 2. The minimum Gasteiger partial charge on any atom is -0.355 e. The molecule has 0 saturated heterocycles. The van der Waals surface area contributed by atoms with Gasteiger partial charge in [0, 0.05) is 33.9 Å². The van der Waals surface area contributed by atoms with Crippen LogP contribution in [0.5, 0.6) is 0 Å². The summed E-state index contributed by atoms with van der Waals surface area (Å²) in [5, 5.41) is 3.10. The van der Waals surface area contributed by atoms with E-state index in [4.69, 9.17) is 11.6 Å². The Labute approximate surface area is 188 Å². The molecule has 2 rings (SSSR count). The number of carbonyl (C=O) groups excluding carboxylic acids is 2. The molecule has 2 aromatic carbocycles. The van der Waals surface area contributed by atoms with Gasteiger partial charge in [0.1, 0.15) is 11.9 Å². The van der Waals surface area contributed by atoms with Gasteiger partial charge < -0.3 is 10.2 Å². The van der Waals surface area contributed by atoms with E-state index in [9.17, 15) is 14.0 Å². The van der Waals surface area contributed by atoms with Gasteiger partial charge in [0.2, 0.25) is 11.8 Å². The van der Waals surface area contributed by atoms with Crippen LogP contribution in [0.4, 0.5) is 4.39 Å². The summed E-state index contributed by atoms with van der Waals surface area (Å²) in [6.45, 7) is 4.33. The lowest BCUT2D eigenvalue weighted by molar-refractivity contribution is -0.138. The largest absolute Gasteiger partial charge is 0.355 e. The lowest BCUT2D eigenvalue weighted by Gasteiger charge is -2.28. The molecule has 29 heavy (non-hydrogen) atoms. The first-order valence-corrected chi connectivity index (χ1v) is 11.5. The van der Waals surface area contributed by atoms with E-state index in [0.717, 1.165) is 10.0 Å². The Morgan fingerprint density at radius 3 is 2.66 bits per heavy atom. The monoisotopic (exact) mass is 500 g/mol. The smallest absolute Gasteiger partial charge is 0.242 e. The number of amides is 2. The second-order valence-electron chi connectivity index (χ2n) is 6.42. The van der Waals surface area contributed by atoms with E-state index >= 15 is 0 Å². The van der Waals surface area contributed by atoms with Crippen LogP contribution in [0.25, 0.3) is 0 Å². The highest BCUT2D eigenvalue weighted by atomic mass is 79.9. The van der Waals surface area contributed by atoms with Gasteiger partial charge in [-0.15, -0.1) is 11.8 Å². The molecule has 0 fully saturated rings. The number of nitrogens with one attached hydrogen (secondary N) is 1. The average Bonchev–Trinajstić information content (AvgIpc) is 2.68. The zero-order chi connectivity index (χ0) is 21.4. The van der Waals surface area contributed by atoms with Crippen LogP contribution in [0.15, 0.2) is 46.9 Å². The Bertz CT molecular complexity index is 848. The summed E-state index contributed by atoms with van der Waals surface area (Å²) in [5.74, 6) is -0.404. The van der Waals surface area contributed by atoms with Crippen molar-refractivity contribution in [1.29, 1.82) is 0 Å². The summed E-state index contributed by atoms with van der Waals surface area (Å²) >= 11 is 10.7. The predicted octanol–water partition coefficient (Wildman–Crippen LogP) is 5.03. The average molecular weight is 502 g/mol. The second kappa shape index (κ2) is 11.6. The molecule has 8 heteroatoms. The Morgan fingerprint density at radius 2 is 2.00 bits per heavy atom. The van der Waals surface area contributed by atoms with E-state index in [-0.39, 0.29) is 29.1 Å². The highest BCUT2D eigenvalue weighted by Crippen LogP contribution is 2.24. The second-order valence-corrected chi connectivity index (χ2v) is 8.72.